The van der Waals surface area contributed by atoms with Crippen LogP contribution in [0.5, 0.6) is 0 Å². The molecule has 3 heteroatoms. The lowest BCUT2D eigenvalue weighted by Gasteiger charge is -2.16. The summed E-state index contributed by atoms with van der Waals surface area (Å²) in [6.45, 7) is 11.7. The van der Waals surface area contributed by atoms with Gasteiger partial charge in [-0.15, -0.1) is 0 Å². The molecule has 0 aliphatic heterocycles. The van der Waals surface area contributed by atoms with E-state index in [1.165, 1.54) is 11.1 Å². The van der Waals surface area contributed by atoms with Gasteiger partial charge in [0.15, 0.2) is 0 Å². The maximum atomic E-state index is 12.7. The molecule has 1 N–H and O–H groups in total. The number of hydrogen-bond donors (Lipinski definition) is 1. The van der Waals surface area contributed by atoms with Gasteiger partial charge in [-0.1, -0.05) is 37.6 Å². The van der Waals surface area contributed by atoms with Crippen molar-refractivity contribution >= 4 is 0 Å². The van der Waals surface area contributed by atoms with E-state index < -0.39 is 0 Å². The number of pyridine rings is 1. The van der Waals surface area contributed by atoms with Crippen molar-refractivity contribution in [3.05, 3.63) is 57.4 Å². The van der Waals surface area contributed by atoms with Gasteiger partial charge in [0, 0.05) is 30.3 Å². The predicted molar refractivity (Wildman–Crippen MR) is 93.3 cm³/mol. The minimum Gasteiger partial charge on any atom is -0.310 e. The molecule has 118 valence electrons. The Hall–Kier alpha value is -1.87. The largest absolute Gasteiger partial charge is 0.310 e. The summed E-state index contributed by atoms with van der Waals surface area (Å²) < 4.78 is 1.87. The lowest BCUT2D eigenvalue weighted by atomic mass is 10.0. The Bertz CT molecular complexity index is 714. The van der Waals surface area contributed by atoms with Gasteiger partial charge >= 0.3 is 0 Å². The van der Waals surface area contributed by atoms with Crippen LogP contribution < -0.4 is 10.9 Å². The second kappa shape index (κ2) is 6.93. The first-order valence-corrected chi connectivity index (χ1v) is 7.97. The van der Waals surface area contributed by atoms with Crippen molar-refractivity contribution in [3.8, 4) is 11.3 Å². The first kappa shape index (κ1) is 16.5. The van der Waals surface area contributed by atoms with Crippen molar-refractivity contribution in [1.29, 1.82) is 0 Å². The predicted octanol–water partition coefficient (Wildman–Crippen LogP) is 3.65. The van der Waals surface area contributed by atoms with E-state index in [0.717, 1.165) is 16.8 Å². The molecule has 0 unspecified atom stereocenters. The Morgan fingerprint density at radius 3 is 2.50 bits per heavy atom. The second-order valence-corrected chi connectivity index (χ2v) is 6.15. The Labute approximate surface area is 133 Å². The fraction of sp³-hybridized carbons (Fsp3) is 0.421. The van der Waals surface area contributed by atoms with Crippen LogP contribution in [-0.2, 0) is 13.1 Å². The third kappa shape index (κ3) is 3.47. The molecule has 0 radical (unpaired) electrons. The average molecular weight is 298 g/mol. The number of aryl methyl sites for hydroxylation is 2. The Morgan fingerprint density at radius 2 is 1.86 bits per heavy atom. The highest BCUT2D eigenvalue weighted by Gasteiger charge is 2.11. The second-order valence-electron chi connectivity index (χ2n) is 6.15. The molecule has 0 bridgehead atoms. The molecule has 2 rings (SSSR count). The summed E-state index contributed by atoms with van der Waals surface area (Å²) in [7, 11) is 0. The van der Waals surface area contributed by atoms with E-state index in [4.69, 9.17) is 0 Å². The fourth-order valence-corrected chi connectivity index (χ4v) is 2.63. The van der Waals surface area contributed by atoms with Crippen LogP contribution in [0.1, 0.15) is 37.5 Å². The molecule has 0 fully saturated rings. The monoisotopic (exact) mass is 298 g/mol. The normalized spacial score (nSPS) is 11.2. The van der Waals surface area contributed by atoms with Gasteiger partial charge in [0.2, 0.25) is 0 Å². The number of aromatic nitrogens is 1. The minimum absolute atomic E-state index is 0.106. The van der Waals surface area contributed by atoms with Gasteiger partial charge in [0.05, 0.1) is 5.69 Å². The van der Waals surface area contributed by atoms with Gasteiger partial charge in [-0.05, 0) is 38.5 Å². The third-order valence-corrected chi connectivity index (χ3v) is 3.94. The summed E-state index contributed by atoms with van der Waals surface area (Å²) in [4.78, 5) is 12.7. The highest BCUT2D eigenvalue weighted by Crippen LogP contribution is 2.24. The van der Waals surface area contributed by atoms with Gasteiger partial charge in [-0.25, -0.2) is 0 Å². The van der Waals surface area contributed by atoms with Crippen LogP contribution in [0.3, 0.4) is 0 Å². The zero-order valence-corrected chi connectivity index (χ0v) is 14.2. The molecule has 0 atom stereocenters. The molecule has 0 aliphatic carbocycles. The zero-order valence-electron chi connectivity index (χ0n) is 14.2. The number of hydrogen-bond acceptors (Lipinski definition) is 2. The summed E-state index contributed by atoms with van der Waals surface area (Å²) in [6, 6.07) is 10.8. The third-order valence-electron chi connectivity index (χ3n) is 3.94. The molecule has 1 aromatic heterocycles. The van der Waals surface area contributed by atoms with E-state index >= 15 is 0 Å². The van der Waals surface area contributed by atoms with Crippen LogP contribution in [0, 0.1) is 13.8 Å². The van der Waals surface area contributed by atoms with E-state index in [-0.39, 0.29) is 5.56 Å². The topological polar surface area (TPSA) is 34.0 Å². The molecule has 0 aliphatic rings. The van der Waals surface area contributed by atoms with Crippen molar-refractivity contribution in [2.45, 2.75) is 53.8 Å². The molecule has 1 aromatic carbocycles. The summed E-state index contributed by atoms with van der Waals surface area (Å²) in [6.07, 6.45) is 0. The van der Waals surface area contributed by atoms with Crippen LogP contribution in [-0.4, -0.2) is 10.6 Å². The molecule has 0 spiro atoms. The van der Waals surface area contributed by atoms with Gasteiger partial charge in [0.25, 0.3) is 5.56 Å². The quantitative estimate of drug-likeness (QED) is 0.914. The molecule has 3 nitrogen and oxygen atoms in total. The SMILES string of the molecule is CCn1c(-c2cc(C)ccc2C)ccc(CNC(C)C)c1=O. The first-order chi connectivity index (χ1) is 10.4. The van der Waals surface area contributed by atoms with Crippen molar-refractivity contribution in [2.75, 3.05) is 0 Å². The van der Waals surface area contributed by atoms with Gasteiger partial charge in [-0.2, -0.15) is 0 Å². The molecule has 1 heterocycles. The Kier molecular flexibility index (Phi) is 5.19. The Morgan fingerprint density at radius 1 is 1.14 bits per heavy atom. The first-order valence-electron chi connectivity index (χ1n) is 7.97. The summed E-state index contributed by atoms with van der Waals surface area (Å²) in [5.41, 5.74) is 5.48. The van der Waals surface area contributed by atoms with Crippen molar-refractivity contribution in [3.63, 3.8) is 0 Å². The van der Waals surface area contributed by atoms with E-state index in [9.17, 15) is 4.79 Å². The fourth-order valence-electron chi connectivity index (χ4n) is 2.63. The minimum atomic E-state index is 0.106. The van der Waals surface area contributed by atoms with E-state index in [2.05, 4.69) is 57.3 Å². The number of rotatable bonds is 5. The molecule has 22 heavy (non-hydrogen) atoms. The van der Waals surface area contributed by atoms with Crippen LogP contribution in [0.2, 0.25) is 0 Å². The highest BCUT2D eigenvalue weighted by atomic mass is 16.1. The highest BCUT2D eigenvalue weighted by molar-refractivity contribution is 5.65. The van der Waals surface area contributed by atoms with Crippen LogP contribution in [0.4, 0.5) is 0 Å². The summed E-state index contributed by atoms with van der Waals surface area (Å²) >= 11 is 0. The lowest BCUT2D eigenvalue weighted by Crippen LogP contribution is -2.30. The zero-order chi connectivity index (χ0) is 16.3. The maximum Gasteiger partial charge on any atom is 0.255 e. The maximum absolute atomic E-state index is 12.7. The molecule has 0 saturated heterocycles. The summed E-state index contributed by atoms with van der Waals surface area (Å²) in [5, 5.41) is 3.32. The van der Waals surface area contributed by atoms with E-state index in [1.807, 2.05) is 17.6 Å². The molecule has 0 amide bonds. The molecule has 2 aromatic rings. The lowest BCUT2D eigenvalue weighted by molar-refractivity contribution is 0.580. The number of nitrogens with one attached hydrogen (secondary N) is 1. The van der Waals surface area contributed by atoms with E-state index in [1.54, 1.807) is 0 Å². The van der Waals surface area contributed by atoms with Crippen LogP contribution in [0.15, 0.2) is 35.1 Å². The van der Waals surface area contributed by atoms with Crippen molar-refractivity contribution in [2.24, 2.45) is 0 Å². The molecular formula is C19H26N2O. The van der Waals surface area contributed by atoms with Gasteiger partial charge in [-0.3, -0.25) is 4.79 Å². The van der Waals surface area contributed by atoms with Crippen LogP contribution in [0.25, 0.3) is 11.3 Å². The van der Waals surface area contributed by atoms with E-state index in [0.29, 0.717) is 19.1 Å². The van der Waals surface area contributed by atoms with Gasteiger partial charge < -0.3 is 9.88 Å². The molecule has 0 saturated carbocycles. The van der Waals surface area contributed by atoms with Crippen molar-refractivity contribution in [1.82, 2.24) is 9.88 Å². The van der Waals surface area contributed by atoms with Crippen molar-refractivity contribution < 1.29 is 0 Å². The average Bonchev–Trinajstić information content (AvgIpc) is 2.48. The Balaban J connectivity index is 2.52. The smallest absolute Gasteiger partial charge is 0.255 e. The summed E-state index contributed by atoms with van der Waals surface area (Å²) in [5.74, 6) is 0. The van der Waals surface area contributed by atoms with Gasteiger partial charge in [0.1, 0.15) is 0 Å². The standard InChI is InChI=1S/C19H26N2O/c1-6-21-18(17-11-14(4)7-8-15(17)5)10-9-16(19(21)22)12-20-13(2)3/h7-11,13,20H,6,12H2,1-5H3. The number of nitrogens with zero attached hydrogens (tertiary/aromatic N) is 1. The van der Waals surface area contributed by atoms with Crippen LogP contribution >= 0.6 is 0 Å². The number of benzene rings is 1. The molecular weight excluding hydrogens is 272 g/mol.